The largest absolute Gasteiger partial charge is 0.204 e. The van der Waals surface area contributed by atoms with E-state index in [1.54, 1.807) is 12.1 Å². The van der Waals surface area contributed by atoms with Gasteiger partial charge in [0.15, 0.2) is 5.82 Å². The third kappa shape index (κ3) is 1.77. The van der Waals surface area contributed by atoms with Gasteiger partial charge in [-0.3, -0.25) is 0 Å². The molecule has 0 N–H and O–H groups in total. The molecule has 0 aliphatic heterocycles. The Labute approximate surface area is 91.8 Å². The molecular weight excluding hydrogens is 336 g/mol. The molecule has 0 aliphatic rings. The number of nitriles is 1. The zero-order chi connectivity index (χ0) is 9.14. The number of alkyl halides is 1. The molecule has 0 radical (unpaired) electrons. The van der Waals surface area contributed by atoms with Crippen molar-refractivity contribution >= 4 is 38.5 Å². The molecular formula is C8H4BrFIN. The Hall–Kier alpha value is -0.150. The Morgan fingerprint density at radius 3 is 2.75 bits per heavy atom. The molecule has 0 atom stereocenters. The highest BCUT2D eigenvalue weighted by molar-refractivity contribution is 14.1. The van der Waals surface area contributed by atoms with E-state index in [2.05, 4.69) is 15.9 Å². The minimum Gasteiger partial charge on any atom is -0.204 e. The van der Waals surface area contributed by atoms with Crippen molar-refractivity contribution in [3.8, 4) is 6.07 Å². The maximum atomic E-state index is 13.2. The summed E-state index contributed by atoms with van der Waals surface area (Å²) in [7, 11) is 0. The molecule has 0 fully saturated rings. The summed E-state index contributed by atoms with van der Waals surface area (Å²) in [6, 6.07) is 5.03. The van der Waals surface area contributed by atoms with Gasteiger partial charge in [0.1, 0.15) is 6.07 Å². The molecule has 0 unspecified atom stereocenters. The highest BCUT2D eigenvalue weighted by atomic mass is 127. The lowest BCUT2D eigenvalue weighted by molar-refractivity contribution is 0.614. The molecule has 0 saturated heterocycles. The second-order valence-electron chi connectivity index (χ2n) is 2.15. The van der Waals surface area contributed by atoms with Crippen LogP contribution < -0.4 is 0 Å². The van der Waals surface area contributed by atoms with Gasteiger partial charge < -0.3 is 0 Å². The highest BCUT2D eigenvalue weighted by Crippen LogP contribution is 2.21. The number of hydrogen-bond acceptors (Lipinski definition) is 1. The van der Waals surface area contributed by atoms with Gasteiger partial charge in [-0.15, -0.1) is 0 Å². The van der Waals surface area contributed by atoms with Crippen molar-refractivity contribution in [2.24, 2.45) is 0 Å². The minimum absolute atomic E-state index is 0.101. The van der Waals surface area contributed by atoms with Crippen LogP contribution in [0.3, 0.4) is 0 Å². The Morgan fingerprint density at radius 2 is 2.25 bits per heavy atom. The summed E-state index contributed by atoms with van der Waals surface area (Å²) in [5, 5.41) is 9.11. The number of nitrogens with zero attached hydrogens (tertiary/aromatic N) is 1. The Balaban J connectivity index is 3.32. The quantitative estimate of drug-likeness (QED) is 0.569. The van der Waals surface area contributed by atoms with Crippen LogP contribution >= 0.6 is 38.5 Å². The van der Waals surface area contributed by atoms with Crippen molar-refractivity contribution in [3.63, 3.8) is 0 Å². The SMILES string of the molecule is N#Cc1ccc(CBr)c(I)c1F. The summed E-state index contributed by atoms with van der Waals surface area (Å²) in [4.78, 5) is 0. The van der Waals surface area contributed by atoms with E-state index in [-0.39, 0.29) is 5.56 Å². The third-order valence-corrected chi connectivity index (χ3v) is 3.20. The van der Waals surface area contributed by atoms with Crippen LogP contribution in [-0.2, 0) is 5.33 Å². The fourth-order valence-electron chi connectivity index (χ4n) is 0.779. The van der Waals surface area contributed by atoms with Gasteiger partial charge in [0.25, 0.3) is 0 Å². The van der Waals surface area contributed by atoms with Gasteiger partial charge in [0.05, 0.1) is 9.13 Å². The van der Waals surface area contributed by atoms with Crippen LogP contribution in [0.1, 0.15) is 11.1 Å². The first kappa shape index (κ1) is 9.93. The monoisotopic (exact) mass is 339 g/mol. The van der Waals surface area contributed by atoms with Gasteiger partial charge in [-0.1, -0.05) is 22.0 Å². The third-order valence-electron chi connectivity index (χ3n) is 1.43. The first-order valence-corrected chi connectivity index (χ1v) is 5.33. The lowest BCUT2D eigenvalue weighted by Crippen LogP contribution is -1.93. The molecule has 0 aromatic heterocycles. The van der Waals surface area contributed by atoms with Gasteiger partial charge in [0, 0.05) is 5.33 Å². The van der Waals surface area contributed by atoms with Gasteiger partial charge in [-0.2, -0.15) is 5.26 Å². The summed E-state index contributed by atoms with van der Waals surface area (Å²) in [6.07, 6.45) is 0. The lowest BCUT2D eigenvalue weighted by Gasteiger charge is -2.01. The molecule has 1 nitrogen and oxygen atoms in total. The standard InChI is InChI=1S/C8H4BrFIN/c9-3-5-1-2-6(4-12)7(10)8(5)11/h1-2H,3H2. The maximum Gasteiger partial charge on any atom is 0.154 e. The number of benzene rings is 1. The van der Waals surface area contributed by atoms with Crippen molar-refractivity contribution in [2.45, 2.75) is 5.33 Å². The van der Waals surface area contributed by atoms with E-state index in [4.69, 9.17) is 5.26 Å². The fourth-order valence-corrected chi connectivity index (χ4v) is 2.43. The first-order chi connectivity index (χ1) is 5.70. The second kappa shape index (κ2) is 4.19. The maximum absolute atomic E-state index is 13.2. The average molecular weight is 340 g/mol. The van der Waals surface area contributed by atoms with Crippen LogP contribution in [0.15, 0.2) is 12.1 Å². The Kier molecular flexibility index (Phi) is 3.47. The molecule has 0 saturated carbocycles. The van der Waals surface area contributed by atoms with E-state index in [1.165, 1.54) is 6.07 Å². The van der Waals surface area contributed by atoms with Gasteiger partial charge >= 0.3 is 0 Å². The van der Waals surface area contributed by atoms with Gasteiger partial charge in [-0.25, -0.2) is 4.39 Å². The zero-order valence-electron chi connectivity index (χ0n) is 5.94. The summed E-state index contributed by atoms with van der Waals surface area (Å²) >= 11 is 5.13. The van der Waals surface area contributed by atoms with E-state index in [0.29, 0.717) is 8.90 Å². The van der Waals surface area contributed by atoms with Gasteiger partial charge in [-0.05, 0) is 34.2 Å². The predicted molar refractivity (Wildman–Crippen MR) is 56.5 cm³/mol. The minimum atomic E-state index is -0.421. The summed E-state index contributed by atoms with van der Waals surface area (Å²) in [5.41, 5.74) is 0.969. The number of hydrogen-bond donors (Lipinski definition) is 0. The number of rotatable bonds is 1. The molecule has 62 valence electrons. The fraction of sp³-hybridized carbons (Fsp3) is 0.125. The predicted octanol–water partition coefficient (Wildman–Crippen LogP) is 3.20. The van der Waals surface area contributed by atoms with E-state index < -0.39 is 5.82 Å². The topological polar surface area (TPSA) is 23.8 Å². The average Bonchev–Trinajstić information content (AvgIpc) is 2.10. The zero-order valence-corrected chi connectivity index (χ0v) is 9.69. The number of halogens is 3. The van der Waals surface area contributed by atoms with Crippen molar-refractivity contribution in [1.29, 1.82) is 5.26 Å². The van der Waals surface area contributed by atoms with Crippen LogP contribution in [0, 0.1) is 20.7 Å². The molecule has 1 aromatic rings. The molecule has 0 spiro atoms. The summed E-state index contributed by atoms with van der Waals surface area (Å²) in [5.74, 6) is -0.421. The summed E-state index contributed by atoms with van der Waals surface area (Å²) in [6.45, 7) is 0. The van der Waals surface area contributed by atoms with Crippen molar-refractivity contribution in [1.82, 2.24) is 0 Å². The molecule has 4 heteroatoms. The molecule has 1 aromatic carbocycles. The lowest BCUT2D eigenvalue weighted by atomic mass is 10.1. The normalized spacial score (nSPS) is 9.50. The van der Waals surface area contributed by atoms with Crippen LogP contribution in [0.4, 0.5) is 4.39 Å². The highest BCUT2D eigenvalue weighted by Gasteiger charge is 2.09. The molecule has 1 rings (SSSR count). The molecule has 0 bridgehead atoms. The van der Waals surface area contributed by atoms with E-state index >= 15 is 0 Å². The van der Waals surface area contributed by atoms with E-state index in [1.807, 2.05) is 22.6 Å². The van der Waals surface area contributed by atoms with Crippen LogP contribution in [0.25, 0.3) is 0 Å². The Morgan fingerprint density at radius 1 is 1.58 bits per heavy atom. The molecule has 0 aliphatic carbocycles. The summed E-state index contributed by atoms with van der Waals surface area (Å²) < 4.78 is 13.7. The van der Waals surface area contributed by atoms with Crippen LogP contribution in [0.2, 0.25) is 0 Å². The van der Waals surface area contributed by atoms with E-state index in [9.17, 15) is 4.39 Å². The first-order valence-electron chi connectivity index (χ1n) is 3.13. The van der Waals surface area contributed by atoms with Crippen molar-refractivity contribution in [2.75, 3.05) is 0 Å². The molecule has 12 heavy (non-hydrogen) atoms. The van der Waals surface area contributed by atoms with Crippen LogP contribution in [0.5, 0.6) is 0 Å². The van der Waals surface area contributed by atoms with Gasteiger partial charge in [0.2, 0.25) is 0 Å². The van der Waals surface area contributed by atoms with Crippen molar-refractivity contribution in [3.05, 3.63) is 32.6 Å². The van der Waals surface area contributed by atoms with E-state index in [0.717, 1.165) is 5.56 Å². The Bertz CT molecular complexity index is 346. The van der Waals surface area contributed by atoms with Crippen molar-refractivity contribution < 1.29 is 4.39 Å². The second-order valence-corrected chi connectivity index (χ2v) is 3.79. The van der Waals surface area contributed by atoms with Crippen LogP contribution in [-0.4, -0.2) is 0 Å². The molecule has 0 heterocycles. The molecule has 0 amide bonds. The smallest absolute Gasteiger partial charge is 0.154 e.